The number of carbonyl (C=O) groups excluding carboxylic acids is 2. The number of hydrogen-bond acceptors (Lipinski definition) is 7. The van der Waals surface area contributed by atoms with E-state index in [2.05, 4.69) is 10.1 Å². The molecule has 0 spiro atoms. The predicted molar refractivity (Wildman–Crippen MR) is 109 cm³/mol. The van der Waals surface area contributed by atoms with E-state index < -0.39 is 34.6 Å². The summed E-state index contributed by atoms with van der Waals surface area (Å²) in [4.78, 5) is 24.6. The zero-order chi connectivity index (χ0) is 22.6. The molecular weight excluding hydrogens is 454 g/mol. The molecule has 1 unspecified atom stereocenters. The monoisotopic (exact) mass is 474 g/mol. The first-order valence-corrected chi connectivity index (χ1v) is 11.6. The summed E-state index contributed by atoms with van der Waals surface area (Å²) in [5, 5.41) is 3.96. The summed E-state index contributed by atoms with van der Waals surface area (Å²) in [7, 11) is -3.81. The molecule has 1 saturated heterocycles. The van der Waals surface area contributed by atoms with E-state index in [0.717, 1.165) is 24.2 Å². The number of nitrogens with zero attached hydrogens (tertiary/aromatic N) is 1. The summed E-state index contributed by atoms with van der Waals surface area (Å²) in [6.07, 6.45) is 0.291. The van der Waals surface area contributed by atoms with Gasteiger partial charge in [-0.1, -0.05) is 0 Å². The third-order valence-electron chi connectivity index (χ3n) is 4.50. The van der Waals surface area contributed by atoms with Gasteiger partial charge in [-0.05, 0) is 55.5 Å². The van der Waals surface area contributed by atoms with Crippen LogP contribution < -0.4 is 10.1 Å². The highest BCUT2D eigenvalue weighted by molar-refractivity contribution is 7.89. The van der Waals surface area contributed by atoms with Crippen molar-refractivity contribution in [2.24, 2.45) is 0 Å². The minimum absolute atomic E-state index is 0.0723. The molecule has 1 fully saturated rings. The van der Waals surface area contributed by atoms with Crippen LogP contribution in [0.1, 0.15) is 29.4 Å². The van der Waals surface area contributed by atoms with Gasteiger partial charge >= 0.3 is 12.6 Å². The van der Waals surface area contributed by atoms with Gasteiger partial charge in [-0.2, -0.15) is 13.1 Å². The predicted octanol–water partition coefficient (Wildman–Crippen LogP) is 3.32. The molecule has 1 aromatic heterocycles. The lowest BCUT2D eigenvalue weighted by molar-refractivity contribution is -0.123. The first-order chi connectivity index (χ1) is 14.7. The normalized spacial score (nSPS) is 15.6. The number of anilines is 1. The van der Waals surface area contributed by atoms with Gasteiger partial charge in [0.2, 0.25) is 10.0 Å². The fourth-order valence-electron chi connectivity index (χ4n) is 2.95. The summed E-state index contributed by atoms with van der Waals surface area (Å²) in [5.41, 5.74) is 0.280. The van der Waals surface area contributed by atoms with Crippen LogP contribution >= 0.6 is 11.3 Å². The van der Waals surface area contributed by atoms with Crippen molar-refractivity contribution in [1.29, 1.82) is 0 Å². The lowest BCUT2D eigenvalue weighted by Crippen LogP contribution is -2.31. The summed E-state index contributed by atoms with van der Waals surface area (Å²) in [6, 6.07) is 6.55. The first kappa shape index (κ1) is 23.1. The Balaban J connectivity index is 1.63. The Kier molecular flexibility index (Phi) is 7.23. The number of esters is 1. The number of carbonyl (C=O) groups is 2. The Morgan fingerprint density at radius 2 is 1.77 bits per heavy atom. The highest BCUT2D eigenvalue weighted by Gasteiger charge is 2.33. The maximum absolute atomic E-state index is 12.8. The van der Waals surface area contributed by atoms with Gasteiger partial charge in [0.05, 0.1) is 0 Å². The van der Waals surface area contributed by atoms with Gasteiger partial charge in [-0.3, -0.25) is 4.79 Å². The van der Waals surface area contributed by atoms with Crippen molar-refractivity contribution >= 4 is 38.9 Å². The number of rotatable bonds is 8. The second-order valence-corrected chi connectivity index (χ2v) is 9.49. The topological polar surface area (TPSA) is 102 Å². The van der Waals surface area contributed by atoms with Crippen molar-refractivity contribution in [3.05, 3.63) is 40.6 Å². The minimum Gasteiger partial charge on any atom is -0.448 e. The van der Waals surface area contributed by atoms with Gasteiger partial charge < -0.3 is 14.8 Å². The number of hydrogen-bond donors (Lipinski definition) is 1. The van der Waals surface area contributed by atoms with Crippen LogP contribution in [0.5, 0.6) is 5.75 Å². The maximum atomic E-state index is 12.8. The molecule has 1 amide bonds. The quantitative estimate of drug-likeness (QED) is 0.589. The van der Waals surface area contributed by atoms with E-state index in [4.69, 9.17) is 4.74 Å². The second kappa shape index (κ2) is 9.71. The standard InChI is InChI=1S/C19H20F2N2O6S2/c1-12(17(24)22-13-4-6-14(7-5-13)29-19(20)21)28-18(25)16-15(8-11-30-16)31(26,27)23-9-2-3-10-23/h4-8,11-12,19H,2-3,9-10H2,1H3,(H,22,24). The number of nitrogens with one attached hydrogen (secondary N) is 1. The highest BCUT2D eigenvalue weighted by atomic mass is 32.2. The third kappa shape index (κ3) is 5.57. The number of alkyl halides is 2. The van der Waals surface area contributed by atoms with E-state index in [1.54, 1.807) is 0 Å². The molecule has 0 saturated carbocycles. The van der Waals surface area contributed by atoms with Crippen LogP contribution in [-0.2, 0) is 19.6 Å². The maximum Gasteiger partial charge on any atom is 0.387 e. The molecule has 31 heavy (non-hydrogen) atoms. The number of benzene rings is 1. The van der Waals surface area contributed by atoms with Gasteiger partial charge in [-0.15, -0.1) is 11.3 Å². The van der Waals surface area contributed by atoms with Gasteiger partial charge in [-0.25, -0.2) is 13.2 Å². The minimum atomic E-state index is -3.81. The Morgan fingerprint density at radius 3 is 2.39 bits per heavy atom. The zero-order valence-electron chi connectivity index (χ0n) is 16.4. The second-order valence-electron chi connectivity index (χ2n) is 6.66. The highest BCUT2D eigenvalue weighted by Crippen LogP contribution is 2.28. The SMILES string of the molecule is CC(OC(=O)c1sccc1S(=O)(=O)N1CCCC1)C(=O)Nc1ccc(OC(F)F)cc1. The van der Waals surface area contributed by atoms with Gasteiger partial charge in [0.15, 0.2) is 6.10 Å². The van der Waals surface area contributed by atoms with Crippen LogP contribution in [0, 0.1) is 0 Å². The van der Waals surface area contributed by atoms with E-state index in [0.29, 0.717) is 13.1 Å². The molecule has 1 N–H and O–H groups in total. The van der Waals surface area contributed by atoms with Gasteiger partial charge in [0.25, 0.3) is 5.91 Å². The molecule has 0 bridgehead atoms. The summed E-state index contributed by atoms with van der Waals surface area (Å²) in [5.74, 6) is -1.66. The van der Waals surface area contributed by atoms with Crippen molar-refractivity contribution in [2.75, 3.05) is 18.4 Å². The fourth-order valence-corrected chi connectivity index (χ4v) is 5.74. The van der Waals surface area contributed by atoms with Crippen molar-refractivity contribution in [3.63, 3.8) is 0 Å². The molecule has 2 aromatic rings. The van der Waals surface area contributed by atoms with Crippen molar-refractivity contribution < 1.29 is 36.3 Å². The largest absolute Gasteiger partial charge is 0.448 e. The summed E-state index contributed by atoms with van der Waals surface area (Å²) >= 11 is 0.920. The van der Waals surface area contributed by atoms with Crippen LogP contribution in [-0.4, -0.2) is 50.4 Å². The van der Waals surface area contributed by atoms with E-state index in [1.165, 1.54) is 46.9 Å². The van der Waals surface area contributed by atoms with E-state index in [-0.39, 0.29) is 21.2 Å². The molecule has 12 heteroatoms. The third-order valence-corrected chi connectivity index (χ3v) is 7.46. The van der Waals surface area contributed by atoms with Gasteiger partial charge in [0.1, 0.15) is 15.5 Å². The fraction of sp³-hybridized carbons (Fsp3) is 0.368. The van der Waals surface area contributed by atoms with Crippen molar-refractivity contribution in [1.82, 2.24) is 4.31 Å². The molecule has 2 heterocycles. The molecule has 1 atom stereocenters. The van der Waals surface area contributed by atoms with Crippen LogP contribution in [0.15, 0.2) is 40.6 Å². The first-order valence-electron chi connectivity index (χ1n) is 9.33. The van der Waals surface area contributed by atoms with E-state index in [9.17, 15) is 26.8 Å². The lowest BCUT2D eigenvalue weighted by atomic mass is 10.3. The number of halogens is 2. The molecule has 0 aliphatic carbocycles. The number of ether oxygens (including phenoxy) is 2. The Hall–Kier alpha value is -2.57. The van der Waals surface area contributed by atoms with Crippen LogP contribution in [0.4, 0.5) is 14.5 Å². The molecule has 8 nitrogen and oxygen atoms in total. The Bertz CT molecular complexity index is 1030. The molecule has 1 aliphatic rings. The Labute approximate surface area is 181 Å². The number of amides is 1. The smallest absolute Gasteiger partial charge is 0.387 e. The zero-order valence-corrected chi connectivity index (χ0v) is 18.0. The molecule has 3 rings (SSSR count). The summed E-state index contributed by atoms with van der Waals surface area (Å²) < 4.78 is 60.6. The average Bonchev–Trinajstić information content (AvgIpc) is 3.41. The molecule has 0 radical (unpaired) electrons. The van der Waals surface area contributed by atoms with Crippen LogP contribution in [0.2, 0.25) is 0 Å². The van der Waals surface area contributed by atoms with Crippen LogP contribution in [0.25, 0.3) is 0 Å². The van der Waals surface area contributed by atoms with Crippen molar-refractivity contribution in [2.45, 2.75) is 37.4 Å². The van der Waals surface area contributed by atoms with Crippen LogP contribution in [0.3, 0.4) is 0 Å². The summed E-state index contributed by atoms with van der Waals surface area (Å²) in [6.45, 7) is -0.834. The Morgan fingerprint density at radius 1 is 1.13 bits per heavy atom. The van der Waals surface area contributed by atoms with Gasteiger partial charge in [0, 0.05) is 18.8 Å². The molecule has 1 aliphatic heterocycles. The van der Waals surface area contributed by atoms with Crippen molar-refractivity contribution in [3.8, 4) is 5.75 Å². The number of thiophene rings is 1. The molecular formula is C19H20F2N2O6S2. The molecule has 1 aromatic carbocycles. The van der Waals surface area contributed by atoms with E-state index in [1.807, 2.05) is 0 Å². The molecule has 168 valence electrons. The average molecular weight is 475 g/mol. The van der Waals surface area contributed by atoms with E-state index >= 15 is 0 Å². The lowest BCUT2D eigenvalue weighted by Gasteiger charge is -2.17. The number of sulfonamides is 1.